The van der Waals surface area contributed by atoms with Crippen molar-refractivity contribution in [3.8, 4) is 11.8 Å². The Hall–Kier alpha value is -3.43. The molecule has 3 aromatic carbocycles. The summed E-state index contributed by atoms with van der Waals surface area (Å²) in [7, 11) is -3.87. The molecule has 0 saturated carbocycles. The first-order valence-corrected chi connectivity index (χ1v) is 9.86. The minimum atomic E-state index is -3.87. The number of hydrogen-bond acceptors (Lipinski definition) is 4. The Morgan fingerprint density at radius 1 is 0.964 bits per heavy atom. The highest BCUT2D eigenvalue weighted by molar-refractivity contribution is 7.95. The summed E-state index contributed by atoms with van der Waals surface area (Å²) in [6, 6.07) is 22.3. The number of hydrogen-bond donors (Lipinski definition) is 0. The van der Waals surface area contributed by atoms with Crippen LogP contribution in [0.5, 0.6) is 5.75 Å². The number of nitrogens with zero attached hydrogens (tertiary/aromatic N) is 1. The highest BCUT2D eigenvalue weighted by Crippen LogP contribution is 2.22. The maximum Gasteiger partial charge on any atom is 0.216 e. The first-order chi connectivity index (χ1) is 13.5. The number of nitriles is 1. The van der Waals surface area contributed by atoms with Gasteiger partial charge in [-0.15, -0.1) is 0 Å². The minimum Gasteiger partial charge on any atom is -0.489 e. The fourth-order valence-corrected chi connectivity index (χ4v) is 3.64. The van der Waals surface area contributed by atoms with E-state index in [0.717, 1.165) is 5.56 Å². The van der Waals surface area contributed by atoms with Gasteiger partial charge in [-0.2, -0.15) is 5.26 Å². The van der Waals surface area contributed by atoms with E-state index in [0.29, 0.717) is 11.3 Å². The van der Waals surface area contributed by atoms with Crippen LogP contribution in [0.25, 0.3) is 6.08 Å². The van der Waals surface area contributed by atoms with Crippen molar-refractivity contribution in [2.24, 2.45) is 0 Å². The van der Waals surface area contributed by atoms with Gasteiger partial charge in [0.05, 0.1) is 4.90 Å². The molecule has 0 unspecified atom stereocenters. The van der Waals surface area contributed by atoms with Crippen molar-refractivity contribution in [1.82, 2.24) is 0 Å². The fourth-order valence-electron chi connectivity index (χ4n) is 2.46. The molecule has 0 fully saturated rings. The second-order valence-corrected chi connectivity index (χ2v) is 7.84. The number of rotatable bonds is 6. The molecule has 0 aliphatic carbocycles. The monoisotopic (exact) mass is 393 g/mol. The van der Waals surface area contributed by atoms with Gasteiger partial charge >= 0.3 is 0 Å². The van der Waals surface area contributed by atoms with Crippen molar-refractivity contribution in [3.05, 3.63) is 101 Å². The zero-order chi connectivity index (χ0) is 20.0. The van der Waals surface area contributed by atoms with E-state index in [4.69, 9.17) is 4.74 Å². The zero-order valence-electron chi connectivity index (χ0n) is 14.7. The van der Waals surface area contributed by atoms with Gasteiger partial charge in [0, 0.05) is 0 Å². The Bertz CT molecular complexity index is 1120. The highest BCUT2D eigenvalue weighted by Gasteiger charge is 2.20. The van der Waals surface area contributed by atoms with Crippen LogP contribution in [0, 0.1) is 17.1 Å². The molecule has 0 heterocycles. The summed E-state index contributed by atoms with van der Waals surface area (Å²) in [6.45, 7) is 0.279. The van der Waals surface area contributed by atoms with Gasteiger partial charge in [0.2, 0.25) is 9.84 Å². The average Bonchev–Trinajstić information content (AvgIpc) is 2.73. The molecule has 0 N–H and O–H groups in total. The van der Waals surface area contributed by atoms with Crippen molar-refractivity contribution < 1.29 is 17.5 Å². The van der Waals surface area contributed by atoms with Gasteiger partial charge in [-0.3, -0.25) is 0 Å². The molecule has 0 atom stereocenters. The first kappa shape index (κ1) is 19.3. The molecule has 3 rings (SSSR count). The van der Waals surface area contributed by atoms with Crippen molar-refractivity contribution in [2.75, 3.05) is 0 Å². The molecular formula is C22H16FNO3S. The Morgan fingerprint density at radius 3 is 2.21 bits per heavy atom. The smallest absolute Gasteiger partial charge is 0.216 e. The fraction of sp³-hybridized carbons (Fsp3) is 0.0455. The third-order valence-corrected chi connectivity index (χ3v) is 5.63. The van der Waals surface area contributed by atoms with Gasteiger partial charge in [0.15, 0.2) is 0 Å². The SMILES string of the molecule is N#C/C(=C/c1ccc(OCc2ccc(F)cc2)cc1)S(=O)(=O)c1ccccc1. The maximum atomic E-state index is 12.9. The molecule has 140 valence electrons. The Labute approximate surface area is 163 Å². The molecular weight excluding hydrogens is 377 g/mol. The second-order valence-electron chi connectivity index (χ2n) is 5.92. The lowest BCUT2D eigenvalue weighted by atomic mass is 10.2. The molecule has 0 aliphatic rings. The number of benzene rings is 3. The molecule has 4 nitrogen and oxygen atoms in total. The molecule has 0 aliphatic heterocycles. The Kier molecular flexibility index (Phi) is 5.87. The maximum absolute atomic E-state index is 12.9. The summed E-state index contributed by atoms with van der Waals surface area (Å²) in [6.07, 6.45) is 1.33. The van der Waals surface area contributed by atoms with Gasteiger partial charge in [-0.05, 0) is 53.6 Å². The Balaban J connectivity index is 1.75. The largest absolute Gasteiger partial charge is 0.489 e. The van der Waals surface area contributed by atoms with E-state index in [-0.39, 0.29) is 22.2 Å². The summed E-state index contributed by atoms with van der Waals surface area (Å²) in [5.41, 5.74) is 1.39. The summed E-state index contributed by atoms with van der Waals surface area (Å²) >= 11 is 0. The molecule has 0 amide bonds. The Morgan fingerprint density at radius 2 is 1.61 bits per heavy atom. The predicted octanol–water partition coefficient (Wildman–Crippen LogP) is 4.74. The van der Waals surface area contributed by atoms with E-state index in [1.165, 1.54) is 30.3 Å². The normalized spacial score (nSPS) is 11.6. The van der Waals surface area contributed by atoms with Gasteiger partial charge in [0.25, 0.3) is 0 Å². The van der Waals surface area contributed by atoms with Gasteiger partial charge in [0.1, 0.15) is 29.1 Å². The van der Waals surface area contributed by atoms with Crippen LogP contribution in [-0.2, 0) is 16.4 Å². The van der Waals surface area contributed by atoms with Crippen molar-refractivity contribution in [2.45, 2.75) is 11.5 Å². The first-order valence-electron chi connectivity index (χ1n) is 8.38. The lowest BCUT2D eigenvalue weighted by Crippen LogP contribution is -2.03. The minimum absolute atomic E-state index is 0.0713. The van der Waals surface area contributed by atoms with Crippen LogP contribution >= 0.6 is 0 Å². The van der Waals surface area contributed by atoms with Crippen LogP contribution in [-0.4, -0.2) is 8.42 Å². The number of allylic oxidation sites excluding steroid dienone is 1. The quantitative estimate of drug-likeness (QED) is 0.567. The summed E-state index contributed by atoms with van der Waals surface area (Å²) in [4.78, 5) is -0.263. The average molecular weight is 393 g/mol. The van der Waals surface area contributed by atoms with E-state index in [9.17, 15) is 18.1 Å². The molecule has 0 spiro atoms. The van der Waals surface area contributed by atoms with Crippen LogP contribution in [0.4, 0.5) is 4.39 Å². The van der Waals surface area contributed by atoms with E-state index in [2.05, 4.69) is 0 Å². The highest BCUT2D eigenvalue weighted by atomic mass is 32.2. The molecule has 0 bridgehead atoms. The van der Waals surface area contributed by atoms with Crippen molar-refractivity contribution in [1.29, 1.82) is 5.26 Å². The van der Waals surface area contributed by atoms with Crippen molar-refractivity contribution in [3.63, 3.8) is 0 Å². The number of halogens is 1. The number of sulfone groups is 1. The van der Waals surface area contributed by atoms with Crippen LogP contribution in [0.1, 0.15) is 11.1 Å². The van der Waals surface area contributed by atoms with Gasteiger partial charge in [-0.25, -0.2) is 12.8 Å². The topological polar surface area (TPSA) is 67.2 Å². The molecule has 3 aromatic rings. The van der Waals surface area contributed by atoms with Gasteiger partial charge in [-0.1, -0.05) is 42.5 Å². The second kappa shape index (κ2) is 8.51. The molecule has 6 heteroatoms. The molecule has 28 heavy (non-hydrogen) atoms. The lowest BCUT2D eigenvalue weighted by molar-refractivity contribution is 0.306. The van der Waals surface area contributed by atoms with Crippen molar-refractivity contribution >= 4 is 15.9 Å². The summed E-state index contributed by atoms with van der Waals surface area (Å²) in [5, 5.41) is 9.32. The van der Waals surface area contributed by atoms with Gasteiger partial charge < -0.3 is 4.74 Å². The van der Waals surface area contributed by atoms with E-state index in [1.54, 1.807) is 60.7 Å². The van der Waals surface area contributed by atoms with Crippen LogP contribution in [0.15, 0.2) is 88.7 Å². The lowest BCUT2D eigenvalue weighted by Gasteiger charge is -2.07. The third-order valence-electron chi connectivity index (χ3n) is 3.95. The van der Waals surface area contributed by atoms with E-state index < -0.39 is 9.84 Å². The van der Waals surface area contributed by atoms with Crippen LogP contribution < -0.4 is 4.74 Å². The molecule has 0 aromatic heterocycles. The zero-order valence-corrected chi connectivity index (χ0v) is 15.6. The standard InChI is InChI=1S/C22H16FNO3S/c23-19-10-6-18(7-11-19)16-27-20-12-8-17(9-13-20)14-22(15-24)28(25,26)21-4-2-1-3-5-21/h1-14H,16H2/b22-14-. The molecule has 0 radical (unpaired) electrons. The van der Waals surface area contributed by atoms with Crippen LogP contribution in [0.3, 0.4) is 0 Å². The van der Waals surface area contributed by atoms with Crippen LogP contribution in [0.2, 0.25) is 0 Å². The summed E-state index contributed by atoms with van der Waals surface area (Å²) < 4.78 is 43.7. The van der Waals surface area contributed by atoms with E-state index in [1.807, 2.05) is 0 Å². The third kappa shape index (κ3) is 4.64. The summed E-state index contributed by atoms with van der Waals surface area (Å²) in [5.74, 6) is 0.268. The predicted molar refractivity (Wildman–Crippen MR) is 104 cm³/mol. The molecule has 0 saturated heterocycles. The van der Waals surface area contributed by atoms with E-state index >= 15 is 0 Å². The number of ether oxygens (including phenoxy) is 1.